The fourth-order valence-electron chi connectivity index (χ4n) is 6.39. The average molecular weight is 628 g/mol. The molecule has 6 rings (SSSR count). The lowest BCUT2D eigenvalue weighted by Gasteiger charge is -2.29. The van der Waals surface area contributed by atoms with E-state index in [-0.39, 0.29) is 36.5 Å². The van der Waals surface area contributed by atoms with Crippen LogP contribution < -0.4 is 14.9 Å². The number of carbonyl (C=O) groups excluding carboxylic acids is 2. The smallest absolute Gasteiger partial charge is 0.491 e. The lowest BCUT2D eigenvalue weighted by molar-refractivity contribution is -0.199. The van der Waals surface area contributed by atoms with Crippen molar-refractivity contribution in [3.8, 4) is 28.3 Å². The van der Waals surface area contributed by atoms with Gasteiger partial charge in [-0.2, -0.15) is 17.9 Å². The second-order valence-electron chi connectivity index (χ2n) is 11.8. The van der Waals surface area contributed by atoms with Crippen LogP contribution in [0.2, 0.25) is 0 Å². The Labute approximate surface area is 258 Å². The summed E-state index contributed by atoms with van der Waals surface area (Å²) in [7, 11) is 0. The number of aromatic nitrogens is 2. The Morgan fingerprint density at radius 1 is 1.07 bits per heavy atom. The summed E-state index contributed by atoms with van der Waals surface area (Å²) in [4.78, 5) is 38.2. The van der Waals surface area contributed by atoms with E-state index < -0.39 is 24.2 Å². The number of fused-ring (bicyclic) bond motifs is 1. The molecule has 0 bridgehead atoms. The van der Waals surface area contributed by atoms with Crippen molar-refractivity contribution in [3.63, 3.8) is 0 Å². The second kappa shape index (κ2) is 13.2. The Balaban J connectivity index is 1.12. The summed E-state index contributed by atoms with van der Waals surface area (Å²) in [5.74, 6) is -2.27. The third-order valence-electron chi connectivity index (χ3n) is 8.61. The van der Waals surface area contributed by atoms with Gasteiger partial charge in [-0.25, -0.2) is 4.79 Å². The fraction of sp³-hybridized carbons (Fsp3) is 0.469. The molecule has 1 unspecified atom stereocenters. The van der Waals surface area contributed by atoms with Crippen LogP contribution in [0.4, 0.5) is 13.2 Å². The lowest BCUT2D eigenvalue weighted by atomic mass is 10.1. The molecule has 2 N–H and O–H groups in total. The van der Waals surface area contributed by atoms with Crippen LogP contribution in [0.25, 0.3) is 22.5 Å². The third-order valence-corrected chi connectivity index (χ3v) is 8.61. The van der Waals surface area contributed by atoms with Gasteiger partial charge in [-0.15, -0.1) is 0 Å². The normalized spacial score (nSPS) is 19.7. The first kappa shape index (κ1) is 31.1. The van der Waals surface area contributed by atoms with E-state index >= 15 is 0 Å². The number of aliphatic hydroxyl groups is 1. The maximum atomic E-state index is 13.1. The highest BCUT2D eigenvalue weighted by Gasteiger charge is 2.43. The third kappa shape index (κ3) is 7.15. The first-order chi connectivity index (χ1) is 21.7. The fourth-order valence-corrected chi connectivity index (χ4v) is 6.39. The number of β-amino-alcohol motifs (C(OH)–C–C–N with tert-alkyl or cyclic N) is 1. The summed E-state index contributed by atoms with van der Waals surface area (Å²) >= 11 is 0. The number of aliphatic hydroxyl groups excluding tert-OH is 1. The van der Waals surface area contributed by atoms with Crippen LogP contribution >= 0.6 is 0 Å². The molecule has 2 fully saturated rings. The standard InChI is InChI=1S/C32H36F3N5O5/c33-32(34,35)31(43)45-40-28-10-12-37-30(42)26(28)17-29(40)22-9-11-36-27(16-22)21-5-7-25(8-6-21)44-20-24(41)19-39-15-3-4-23(39)18-38-13-1-2-14-38/h5-9,11,16-17,23-24,41H,1-4,10,12-15,18-20H2,(H,37,42)/t23-,24?/m1/s1. The van der Waals surface area contributed by atoms with E-state index in [0.29, 0.717) is 35.2 Å². The molecule has 1 aromatic carbocycles. The van der Waals surface area contributed by atoms with Gasteiger partial charge in [-0.3, -0.25) is 14.7 Å². The maximum Gasteiger partial charge on any atom is 0.493 e. The Morgan fingerprint density at radius 3 is 2.60 bits per heavy atom. The van der Waals surface area contributed by atoms with Crippen molar-refractivity contribution >= 4 is 11.9 Å². The van der Waals surface area contributed by atoms with Gasteiger partial charge in [0, 0.05) is 49.4 Å². The molecule has 2 saturated heterocycles. The van der Waals surface area contributed by atoms with E-state index in [1.54, 1.807) is 36.4 Å². The van der Waals surface area contributed by atoms with Gasteiger partial charge in [0.05, 0.1) is 22.6 Å². The van der Waals surface area contributed by atoms with Crippen molar-refractivity contribution in [2.75, 3.05) is 45.9 Å². The molecule has 5 heterocycles. The van der Waals surface area contributed by atoms with Gasteiger partial charge in [-0.05, 0) is 87.8 Å². The number of halogens is 3. The van der Waals surface area contributed by atoms with E-state index in [2.05, 4.69) is 20.1 Å². The Hall–Kier alpha value is -3.94. The molecule has 45 heavy (non-hydrogen) atoms. The average Bonchev–Trinajstić information content (AvgIpc) is 3.78. The second-order valence-corrected chi connectivity index (χ2v) is 11.8. The van der Waals surface area contributed by atoms with Crippen molar-refractivity contribution in [3.05, 3.63) is 59.9 Å². The topological polar surface area (TPSA) is 109 Å². The number of hydrogen-bond donors (Lipinski definition) is 2. The molecule has 1 amide bonds. The monoisotopic (exact) mass is 627 g/mol. The Bertz CT molecular complexity index is 1520. The van der Waals surface area contributed by atoms with Crippen molar-refractivity contribution in [1.82, 2.24) is 24.8 Å². The molecule has 0 radical (unpaired) electrons. The van der Waals surface area contributed by atoms with Crippen LogP contribution in [-0.2, 0) is 11.2 Å². The predicted octanol–water partition coefficient (Wildman–Crippen LogP) is 3.32. The van der Waals surface area contributed by atoms with E-state index in [1.807, 2.05) is 0 Å². The first-order valence-corrected chi connectivity index (χ1v) is 15.3. The highest BCUT2D eigenvalue weighted by Crippen LogP contribution is 2.31. The summed E-state index contributed by atoms with van der Waals surface area (Å²) in [5, 5.41) is 13.4. The number of alkyl halides is 3. The molecule has 3 aromatic rings. The Morgan fingerprint density at radius 2 is 1.84 bits per heavy atom. The van der Waals surface area contributed by atoms with Crippen molar-refractivity contribution < 1.29 is 37.4 Å². The summed E-state index contributed by atoms with van der Waals surface area (Å²) in [5.41, 5.74) is 2.06. The maximum absolute atomic E-state index is 13.1. The highest BCUT2D eigenvalue weighted by atomic mass is 19.4. The number of amides is 1. The van der Waals surface area contributed by atoms with Crippen LogP contribution in [-0.4, -0.2) is 101 Å². The molecule has 0 aliphatic carbocycles. The van der Waals surface area contributed by atoms with Crippen LogP contribution in [0, 0.1) is 0 Å². The molecule has 0 saturated carbocycles. The number of nitrogens with one attached hydrogen (secondary N) is 1. The number of benzene rings is 1. The van der Waals surface area contributed by atoms with Gasteiger partial charge < -0.3 is 24.9 Å². The van der Waals surface area contributed by atoms with Gasteiger partial charge in [0.2, 0.25) is 0 Å². The van der Waals surface area contributed by atoms with Gasteiger partial charge in [-0.1, -0.05) is 0 Å². The largest absolute Gasteiger partial charge is 0.493 e. The minimum Gasteiger partial charge on any atom is -0.491 e. The molecule has 3 aliphatic rings. The molecule has 10 nitrogen and oxygen atoms in total. The van der Waals surface area contributed by atoms with Crippen LogP contribution in [0.5, 0.6) is 5.75 Å². The number of ether oxygens (including phenoxy) is 1. The van der Waals surface area contributed by atoms with Gasteiger partial charge in [0.1, 0.15) is 18.5 Å². The number of rotatable bonds is 10. The predicted molar refractivity (Wildman–Crippen MR) is 159 cm³/mol. The first-order valence-electron chi connectivity index (χ1n) is 15.3. The summed E-state index contributed by atoms with van der Waals surface area (Å²) in [6.45, 7) is 5.30. The molecule has 0 spiro atoms. The van der Waals surface area contributed by atoms with E-state index in [0.717, 1.165) is 43.8 Å². The molecule has 2 aromatic heterocycles. The molecule has 2 atom stereocenters. The minimum absolute atomic E-state index is 0.118. The number of nitrogens with zero attached hydrogens (tertiary/aromatic N) is 4. The van der Waals surface area contributed by atoms with Crippen LogP contribution in [0.3, 0.4) is 0 Å². The van der Waals surface area contributed by atoms with Gasteiger partial charge in [0.25, 0.3) is 5.91 Å². The van der Waals surface area contributed by atoms with Crippen molar-refractivity contribution in [2.24, 2.45) is 0 Å². The van der Waals surface area contributed by atoms with E-state index in [9.17, 15) is 27.9 Å². The summed E-state index contributed by atoms with van der Waals surface area (Å²) in [6, 6.07) is 12.2. The molecule has 13 heteroatoms. The number of carbonyl (C=O) groups is 2. The molecular formula is C32H36F3N5O5. The van der Waals surface area contributed by atoms with Crippen LogP contribution in [0.15, 0.2) is 48.7 Å². The zero-order chi connectivity index (χ0) is 31.6. The zero-order valence-electron chi connectivity index (χ0n) is 24.8. The van der Waals surface area contributed by atoms with Gasteiger partial charge in [0.15, 0.2) is 0 Å². The number of likely N-dealkylation sites (tertiary alicyclic amines) is 2. The molecular weight excluding hydrogens is 591 g/mol. The quantitative estimate of drug-likeness (QED) is 0.353. The Kier molecular flexibility index (Phi) is 9.11. The zero-order valence-corrected chi connectivity index (χ0v) is 24.8. The van der Waals surface area contributed by atoms with Gasteiger partial charge >= 0.3 is 12.1 Å². The lowest BCUT2D eigenvalue weighted by Crippen LogP contribution is -2.43. The number of pyridine rings is 1. The summed E-state index contributed by atoms with van der Waals surface area (Å²) < 4.78 is 45.9. The SMILES string of the molecule is O=C1NCCc2c1cc(-c1ccnc(-c3ccc(OCC(O)CN4CCC[C@@H]4CN4CCCC4)cc3)c1)n2OC(=O)C(F)(F)F. The summed E-state index contributed by atoms with van der Waals surface area (Å²) in [6.07, 6.45) is 0.675. The van der Waals surface area contributed by atoms with Crippen molar-refractivity contribution in [2.45, 2.75) is 50.4 Å². The number of hydrogen-bond acceptors (Lipinski definition) is 8. The highest BCUT2D eigenvalue weighted by molar-refractivity contribution is 5.98. The molecule has 3 aliphatic heterocycles. The van der Waals surface area contributed by atoms with E-state index in [4.69, 9.17) is 9.57 Å². The van der Waals surface area contributed by atoms with Crippen LogP contribution in [0.1, 0.15) is 41.7 Å². The van der Waals surface area contributed by atoms with Crippen molar-refractivity contribution in [1.29, 1.82) is 0 Å². The molecule has 240 valence electrons. The van der Waals surface area contributed by atoms with E-state index in [1.165, 1.54) is 25.1 Å². The minimum atomic E-state index is -5.21.